The van der Waals surface area contributed by atoms with Crippen molar-refractivity contribution in [1.29, 1.82) is 0 Å². The Labute approximate surface area is 179 Å². The van der Waals surface area contributed by atoms with Gasteiger partial charge in [-0.1, -0.05) is 48.6 Å². The Hall–Kier alpha value is -1.17. The molecule has 0 saturated heterocycles. The predicted octanol–water partition coefficient (Wildman–Crippen LogP) is 4.01. The van der Waals surface area contributed by atoms with Gasteiger partial charge in [-0.3, -0.25) is 0 Å². The third kappa shape index (κ3) is 8.23. The molecule has 2 rings (SSSR count). The van der Waals surface area contributed by atoms with Crippen LogP contribution in [0.25, 0.3) is 0 Å². The van der Waals surface area contributed by atoms with Crippen LogP contribution in [0.15, 0.2) is 48.6 Å². The summed E-state index contributed by atoms with van der Waals surface area (Å²) in [5.41, 5.74) is 2.14. The molecule has 1 saturated carbocycles. The van der Waals surface area contributed by atoms with Crippen LogP contribution in [-0.2, 0) is 17.8 Å². The fourth-order valence-corrected chi connectivity index (χ4v) is 4.44. The van der Waals surface area contributed by atoms with Crippen molar-refractivity contribution >= 4 is 11.6 Å². The van der Waals surface area contributed by atoms with Crippen LogP contribution in [0.4, 0.5) is 0 Å². The van der Waals surface area contributed by atoms with E-state index in [0.29, 0.717) is 19.4 Å². The Bertz CT molecular complexity index is 646. The smallest absolute Gasteiger partial charge is 0.0761 e. The van der Waals surface area contributed by atoms with Gasteiger partial charge in [-0.05, 0) is 49.1 Å². The molecule has 1 fully saturated rings. The molecular formula is C24H35ClO4. The van der Waals surface area contributed by atoms with Crippen molar-refractivity contribution in [2.24, 2.45) is 11.8 Å². The van der Waals surface area contributed by atoms with E-state index in [2.05, 4.69) is 12.2 Å². The van der Waals surface area contributed by atoms with Gasteiger partial charge < -0.3 is 20.1 Å². The normalized spacial score (nSPS) is 26.0. The highest BCUT2D eigenvalue weighted by Crippen LogP contribution is 2.39. The first-order valence-electron chi connectivity index (χ1n) is 10.6. The van der Waals surface area contributed by atoms with Gasteiger partial charge in [0.05, 0.1) is 18.8 Å². The van der Waals surface area contributed by atoms with Crippen LogP contribution in [0.3, 0.4) is 0 Å². The van der Waals surface area contributed by atoms with E-state index in [-0.39, 0.29) is 23.8 Å². The van der Waals surface area contributed by atoms with Crippen LogP contribution in [-0.4, -0.2) is 46.6 Å². The molecule has 0 radical (unpaired) electrons. The maximum Gasteiger partial charge on any atom is 0.0761 e. The highest BCUT2D eigenvalue weighted by atomic mass is 35.5. The number of allylic oxidation sites excluding steroid dienone is 2. The maximum atomic E-state index is 10.5. The van der Waals surface area contributed by atoms with E-state index in [0.717, 1.165) is 36.8 Å². The summed E-state index contributed by atoms with van der Waals surface area (Å²) in [6, 6.07) is 8.03. The third-order valence-corrected chi connectivity index (χ3v) is 6.03. The summed E-state index contributed by atoms with van der Waals surface area (Å²) in [7, 11) is 1.67. The summed E-state index contributed by atoms with van der Waals surface area (Å²) in [6.07, 6.45) is 11.6. The Morgan fingerprint density at radius 1 is 1.24 bits per heavy atom. The second kappa shape index (κ2) is 13.2. The average molecular weight is 423 g/mol. The molecule has 0 heterocycles. The quantitative estimate of drug-likeness (QED) is 0.270. The van der Waals surface area contributed by atoms with Crippen LogP contribution in [0.1, 0.15) is 43.2 Å². The monoisotopic (exact) mass is 422 g/mol. The number of alkyl halides is 1. The average Bonchev–Trinajstić information content (AvgIpc) is 2.96. The molecule has 5 heteroatoms. The zero-order valence-corrected chi connectivity index (χ0v) is 18.0. The topological polar surface area (TPSA) is 69.9 Å². The van der Waals surface area contributed by atoms with Gasteiger partial charge in [0.1, 0.15) is 0 Å². The predicted molar refractivity (Wildman–Crippen MR) is 118 cm³/mol. The minimum Gasteiger partial charge on any atom is -0.396 e. The minimum absolute atomic E-state index is 0.0472. The molecule has 4 nitrogen and oxygen atoms in total. The molecule has 0 spiro atoms. The second-order valence-corrected chi connectivity index (χ2v) is 8.46. The van der Waals surface area contributed by atoms with Gasteiger partial charge in [-0.15, -0.1) is 11.6 Å². The molecular weight excluding hydrogens is 388 g/mol. The van der Waals surface area contributed by atoms with E-state index < -0.39 is 12.2 Å². The molecule has 1 aliphatic rings. The summed E-state index contributed by atoms with van der Waals surface area (Å²) in [5, 5.41) is 29.6. The number of aliphatic hydroxyl groups is 3. The molecule has 0 aliphatic heterocycles. The fourth-order valence-electron chi connectivity index (χ4n) is 3.99. The van der Waals surface area contributed by atoms with E-state index in [1.54, 1.807) is 13.2 Å². The van der Waals surface area contributed by atoms with Gasteiger partial charge in [0.25, 0.3) is 0 Å². The lowest BCUT2D eigenvalue weighted by Crippen LogP contribution is -2.19. The Morgan fingerprint density at radius 3 is 2.79 bits per heavy atom. The van der Waals surface area contributed by atoms with Crippen LogP contribution in [0.5, 0.6) is 0 Å². The van der Waals surface area contributed by atoms with Gasteiger partial charge in [0.2, 0.25) is 0 Å². The van der Waals surface area contributed by atoms with Crippen molar-refractivity contribution in [2.45, 2.75) is 62.7 Å². The van der Waals surface area contributed by atoms with E-state index in [1.807, 2.05) is 30.3 Å². The molecule has 162 valence electrons. The molecule has 1 aliphatic carbocycles. The SMILES string of the molecule is COCc1cccc(C[C@H](O)/C=C/[C@@H]2[C@@H](C/C=C\CCCCO)[C@H](Cl)C[C@H]2O)c1. The Kier molecular flexibility index (Phi) is 11.0. The molecule has 1 aromatic rings. The maximum absolute atomic E-state index is 10.5. The standard InChI is InChI=1S/C24H35ClO4/c1-29-17-19-9-7-8-18(14-19)15-20(27)11-12-22-21(23(25)16-24(22)28)10-5-3-2-4-6-13-26/h3,5,7-9,11-12,14,20-24,26-28H,2,4,6,10,13,15-17H2,1H3/b5-3-,12-11+/t20-,21-,22-,23-,24-/m1/s1. The van der Waals surface area contributed by atoms with E-state index in [4.69, 9.17) is 21.4 Å². The summed E-state index contributed by atoms with van der Waals surface area (Å²) in [5.74, 6) is 0.114. The number of hydrogen-bond acceptors (Lipinski definition) is 4. The first kappa shape index (κ1) is 24.1. The van der Waals surface area contributed by atoms with Gasteiger partial charge in [0, 0.05) is 31.4 Å². The van der Waals surface area contributed by atoms with Gasteiger partial charge in [-0.2, -0.15) is 0 Å². The summed E-state index contributed by atoms with van der Waals surface area (Å²) < 4.78 is 5.16. The van der Waals surface area contributed by atoms with Crippen molar-refractivity contribution in [1.82, 2.24) is 0 Å². The minimum atomic E-state index is -0.607. The van der Waals surface area contributed by atoms with E-state index in [1.165, 1.54) is 0 Å². The fraction of sp³-hybridized carbons (Fsp3) is 0.583. The van der Waals surface area contributed by atoms with Crippen molar-refractivity contribution in [3.8, 4) is 0 Å². The molecule has 0 bridgehead atoms. The lowest BCUT2D eigenvalue weighted by Gasteiger charge is -2.19. The number of aliphatic hydroxyl groups excluding tert-OH is 3. The number of methoxy groups -OCH3 is 1. The lowest BCUT2D eigenvalue weighted by molar-refractivity contribution is 0.141. The number of rotatable bonds is 12. The number of halogens is 1. The van der Waals surface area contributed by atoms with Crippen LogP contribution in [0, 0.1) is 11.8 Å². The van der Waals surface area contributed by atoms with Crippen molar-refractivity contribution in [3.63, 3.8) is 0 Å². The largest absolute Gasteiger partial charge is 0.396 e. The molecule has 0 amide bonds. The number of benzene rings is 1. The Balaban J connectivity index is 1.90. The number of unbranched alkanes of at least 4 members (excludes halogenated alkanes) is 2. The molecule has 29 heavy (non-hydrogen) atoms. The third-order valence-electron chi connectivity index (χ3n) is 5.53. The highest BCUT2D eigenvalue weighted by molar-refractivity contribution is 6.21. The second-order valence-electron chi connectivity index (χ2n) is 7.90. The molecule has 0 aromatic heterocycles. The van der Waals surface area contributed by atoms with Crippen molar-refractivity contribution < 1.29 is 20.1 Å². The number of hydrogen-bond donors (Lipinski definition) is 3. The van der Waals surface area contributed by atoms with Crippen LogP contribution < -0.4 is 0 Å². The number of ether oxygens (including phenoxy) is 1. The van der Waals surface area contributed by atoms with E-state index in [9.17, 15) is 10.2 Å². The lowest BCUT2D eigenvalue weighted by atomic mass is 9.90. The zero-order valence-electron chi connectivity index (χ0n) is 17.3. The van der Waals surface area contributed by atoms with Gasteiger partial charge in [-0.25, -0.2) is 0 Å². The summed E-state index contributed by atoms with van der Waals surface area (Å²) in [6.45, 7) is 0.790. The molecule has 5 atom stereocenters. The van der Waals surface area contributed by atoms with Crippen molar-refractivity contribution in [2.75, 3.05) is 13.7 Å². The molecule has 3 N–H and O–H groups in total. The van der Waals surface area contributed by atoms with Crippen LogP contribution in [0.2, 0.25) is 0 Å². The Morgan fingerprint density at radius 2 is 2.03 bits per heavy atom. The van der Waals surface area contributed by atoms with Gasteiger partial charge in [0.15, 0.2) is 0 Å². The first-order valence-corrected chi connectivity index (χ1v) is 11.0. The van der Waals surface area contributed by atoms with Gasteiger partial charge >= 0.3 is 0 Å². The highest BCUT2D eigenvalue weighted by Gasteiger charge is 2.39. The van der Waals surface area contributed by atoms with E-state index >= 15 is 0 Å². The first-order chi connectivity index (χ1) is 14.0. The molecule has 1 aromatic carbocycles. The van der Waals surface area contributed by atoms with Crippen LogP contribution >= 0.6 is 11.6 Å². The summed E-state index contributed by atoms with van der Waals surface area (Å²) >= 11 is 6.49. The summed E-state index contributed by atoms with van der Waals surface area (Å²) in [4.78, 5) is 0. The molecule has 0 unspecified atom stereocenters. The van der Waals surface area contributed by atoms with Crippen molar-refractivity contribution in [3.05, 3.63) is 59.7 Å². The zero-order chi connectivity index (χ0) is 21.1.